The fourth-order valence-electron chi connectivity index (χ4n) is 2.09. The van der Waals surface area contributed by atoms with Crippen molar-refractivity contribution in [1.82, 2.24) is 9.97 Å². The zero-order valence-electron chi connectivity index (χ0n) is 11.3. The van der Waals surface area contributed by atoms with Gasteiger partial charge >= 0.3 is 5.97 Å². The van der Waals surface area contributed by atoms with E-state index in [0.717, 1.165) is 33.2 Å². The number of thioether (sulfide) groups is 1. The molecule has 6 nitrogen and oxygen atoms in total. The molecule has 0 spiro atoms. The predicted molar refractivity (Wildman–Crippen MR) is 79.7 cm³/mol. The molecule has 1 aromatic carbocycles. The summed E-state index contributed by atoms with van der Waals surface area (Å²) in [7, 11) is 1.64. The quantitative estimate of drug-likeness (QED) is 0.896. The highest BCUT2D eigenvalue weighted by molar-refractivity contribution is 7.98. The summed E-state index contributed by atoms with van der Waals surface area (Å²) in [5.74, 6) is 0.971. The number of nitrogens with one attached hydrogen (secondary N) is 1. The molecule has 0 radical (unpaired) electrons. The summed E-state index contributed by atoms with van der Waals surface area (Å²) >= 11 is 1.71. The molecule has 3 rings (SSSR count). The Hall–Kier alpha value is -2.28. The third kappa shape index (κ3) is 2.78. The highest BCUT2D eigenvalue weighted by Gasteiger charge is 2.19. The number of ether oxygens (including phenoxy) is 1. The standard InChI is InChI=1S/C14H13N3O3S/c1-20-9-2-3-10-11(4-9)21-7-8-5-15-14(17-13(8)10)16-6-12(18)19/h2-5H,6-7H2,1H3,(H,18,19)(H,15,16,17). The molecule has 2 aromatic rings. The molecule has 2 heterocycles. The molecule has 1 aromatic heterocycles. The maximum absolute atomic E-state index is 10.6. The Morgan fingerprint density at radius 2 is 2.38 bits per heavy atom. The minimum atomic E-state index is -0.947. The molecule has 1 aliphatic heterocycles. The predicted octanol–water partition coefficient (Wildman–Crippen LogP) is 2.25. The second-order valence-electron chi connectivity index (χ2n) is 4.47. The molecule has 0 atom stereocenters. The third-order valence-electron chi connectivity index (χ3n) is 3.09. The van der Waals surface area contributed by atoms with Gasteiger partial charge in [-0.3, -0.25) is 4.79 Å². The number of hydrogen-bond donors (Lipinski definition) is 2. The van der Waals surface area contributed by atoms with Crippen molar-refractivity contribution in [3.8, 4) is 17.0 Å². The van der Waals surface area contributed by atoms with Crippen molar-refractivity contribution >= 4 is 23.7 Å². The van der Waals surface area contributed by atoms with Crippen LogP contribution in [-0.4, -0.2) is 34.7 Å². The molecule has 7 heteroatoms. The van der Waals surface area contributed by atoms with Gasteiger partial charge in [0.25, 0.3) is 0 Å². The molecule has 0 amide bonds. The van der Waals surface area contributed by atoms with Gasteiger partial charge in [-0.25, -0.2) is 9.97 Å². The first-order valence-corrected chi connectivity index (χ1v) is 7.28. The molecule has 0 aliphatic carbocycles. The largest absolute Gasteiger partial charge is 0.497 e. The number of anilines is 1. The first kappa shape index (κ1) is 13.7. The van der Waals surface area contributed by atoms with Crippen LogP contribution in [-0.2, 0) is 10.5 Å². The van der Waals surface area contributed by atoms with Crippen molar-refractivity contribution in [2.45, 2.75) is 10.6 Å². The average molecular weight is 303 g/mol. The van der Waals surface area contributed by atoms with Gasteiger partial charge < -0.3 is 15.2 Å². The Labute approximate surface area is 125 Å². The number of carboxylic acids is 1. The number of nitrogens with zero attached hydrogens (tertiary/aromatic N) is 2. The van der Waals surface area contributed by atoms with Crippen LogP contribution in [0, 0.1) is 0 Å². The Balaban J connectivity index is 1.97. The lowest BCUT2D eigenvalue weighted by Gasteiger charge is -2.19. The Morgan fingerprint density at radius 3 is 3.14 bits per heavy atom. The summed E-state index contributed by atoms with van der Waals surface area (Å²) < 4.78 is 5.23. The van der Waals surface area contributed by atoms with Crippen LogP contribution in [0.1, 0.15) is 5.56 Å². The Kier molecular flexibility index (Phi) is 3.66. The molecule has 0 saturated carbocycles. The second-order valence-corrected chi connectivity index (χ2v) is 5.48. The van der Waals surface area contributed by atoms with E-state index in [4.69, 9.17) is 9.84 Å². The van der Waals surface area contributed by atoms with Crippen molar-refractivity contribution in [2.75, 3.05) is 19.0 Å². The van der Waals surface area contributed by atoms with Crippen molar-refractivity contribution in [3.63, 3.8) is 0 Å². The van der Waals surface area contributed by atoms with Crippen molar-refractivity contribution in [3.05, 3.63) is 30.0 Å². The summed E-state index contributed by atoms with van der Waals surface area (Å²) in [5.41, 5.74) is 2.90. The van der Waals surface area contributed by atoms with Gasteiger partial charge in [0.1, 0.15) is 12.3 Å². The smallest absolute Gasteiger partial charge is 0.322 e. The van der Waals surface area contributed by atoms with E-state index in [1.807, 2.05) is 18.2 Å². The molecule has 0 unspecified atom stereocenters. The minimum absolute atomic E-state index is 0.205. The van der Waals surface area contributed by atoms with E-state index >= 15 is 0 Å². The third-order valence-corrected chi connectivity index (χ3v) is 4.19. The van der Waals surface area contributed by atoms with Gasteiger partial charge in [-0.05, 0) is 18.2 Å². The summed E-state index contributed by atoms with van der Waals surface area (Å²) in [6.45, 7) is -0.205. The number of rotatable bonds is 4. The van der Waals surface area contributed by atoms with Gasteiger partial charge in [0.05, 0.1) is 12.8 Å². The van der Waals surface area contributed by atoms with E-state index in [1.165, 1.54) is 0 Å². The monoisotopic (exact) mass is 303 g/mol. The summed E-state index contributed by atoms with van der Waals surface area (Å²) in [6.07, 6.45) is 1.74. The Bertz CT molecular complexity index is 706. The average Bonchev–Trinajstić information content (AvgIpc) is 2.51. The minimum Gasteiger partial charge on any atom is -0.497 e. The maximum atomic E-state index is 10.6. The number of aliphatic carboxylic acids is 1. The number of aromatic nitrogens is 2. The summed E-state index contributed by atoms with van der Waals surface area (Å²) in [6, 6.07) is 5.84. The van der Waals surface area contributed by atoms with E-state index < -0.39 is 5.97 Å². The lowest BCUT2D eigenvalue weighted by atomic mass is 10.1. The van der Waals surface area contributed by atoms with Crippen LogP contribution in [0.25, 0.3) is 11.3 Å². The van der Waals surface area contributed by atoms with E-state index in [1.54, 1.807) is 25.1 Å². The zero-order valence-corrected chi connectivity index (χ0v) is 12.1. The molecule has 21 heavy (non-hydrogen) atoms. The van der Waals surface area contributed by atoms with Gasteiger partial charge in [0, 0.05) is 28.0 Å². The fourth-order valence-corrected chi connectivity index (χ4v) is 3.13. The maximum Gasteiger partial charge on any atom is 0.322 e. The van der Waals surface area contributed by atoms with Gasteiger partial charge in [-0.2, -0.15) is 0 Å². The van der Waals surface area contributed by atoms with Crippen molar-refractivity contribution < 1.29 is 14.6 Å². The molecular weight excluding hydrogens is 290 g/mol. The van der Waals surface area contributed by atoms with Crippen LogP contribution in [0.4, 0.5) is 5.95 Å². The van der Waals surface area contributed by atoms with Gasteiger partial charge in [-0.15, -0.1) is 11.8 Å². The van der Waals surface area contributed by atoms with E-state index in [-0.39, 0.29) is 6.54 Å². The fraction of sp³-hybridized carbons (Fsp3) is 0.214. The highest BCUT2D eigenvalue weighted by Crippen LogP contribution is 2.41. The number of carboxylic acid groups (broad SMARTS) is 1. The molecule has 108 valence electrons. The van der Waals surface area contributed by atoms with E-state index in [9.17, 15) is 4.79 Å². The molecular formula is C14H13N3O3S. The number of carbonyl (C=O) groups is 1. The van der Waals surface area contributed by atoms with Crippen LogP contribution >= 0.6 is 11.8 Å². The van der Waals surface area contributed by atoms with Crippen LogP contribution in [0.2, 0.25) is 0 Å². The molecule has 0 fully saturated rings. The number of benzene rings is 1. The van der Waals surface area contributed by atoms with Gasteiger partial charge in [-0.1, -0.05) is 0 Å². The van der Waals surface area contributed by atoms with E-state index in [0.29, 0.717) is 5.95 Å². The van der Waals surface area contributed by atoms with Crippen LogP contribution in [0.15, 0.2) is 29.3 Å². The SMILES string of the molecule is COc1ccc2c(c1)SCc1cnc(NCC(=O)O)nc1-2. The highest BCUT2D eigenvalue weighted by atomic mass is 32.2. The van der Waals surface area contributed by atoms with Crippen molar-refractivity contribution in [1.29, 1.82) is 0 Å². The van der Waals surface area contributed by atoms with Crippen molar-refractivity contribution in [2.24, 2.45) is 0 Å². The first-order chi connectivity index (χ1) is 10.2. The van der Waals surface area contributed by atoms with E-state index in [2.05, 4.69) is 15.3 Å². The summed E-state index contributed by atoms with van der Waals surface area (Å²) in [5, 5.41) is 11.4. The molecule has 0 saturated heterocycles. The normalized spacial score (nSPS) is 12.2. The topological polar surface area (TPSA) is 84.3 Å². The number of fused-ring (bicyclic) bond motifs is 3. The van der Waals surface area contributed by atoms with Gasteiger partial charge in [0.15, 0.2) is 0 Å². The van der Waals surface area contributed by atoms with Crippen LogP contribution < -0.4 is 10.1 Å². The summed E-state index contributed by atoms with van der Waals surface area (Å²) in [4.78, 5) is 20.3. The molecule has 1 aliphatic rings. The zero-order chi connectivity index (χ0) is 14.8. The van der Waals surface area contributed by atoms with Crippen LogP contribution in [0.3, 0.4) is 0 Å². The Morgan fingerprint density at radius 1 is 1.52 bits per heavy atom. The van der Waals surface area contributed by atoms with Gasteiger partial charge in [0.2, 0.25) is 5.95 Å². The number of methoxy groups -OCH3 is 1. The molecule has 0 bridgehead atoms. The second kappa shape index (κ2) is 5.61. The number of hydrogen-bond acceptors (Lipinski definition) is 6. The van der Waals surface area contributed by atoms with Crippen LogP contribution in [0.5, 0.6) is 5.75 Å². The first-order valence-electron chi connectivity index (χ1n) is 6.30. The molecule has 2 N–H and O–H groups in total. The lowest BCUT2D eigenvalue weighted by molar-refractivity contribution is -0.134. The lowest BCUT2D eigenvalue weighted by Crippen LogP contribution is -2.15.